The van der Waals surface area contributed by atoms with Crippen molar-refractivity contribution < 1.29 is 4.79 Å². The van der Waals surface area contributed by atoms with Gasteiger partial charge in [0, 0.05) is 18.1 Å². The largest absolute Gasteiger partial charge is 0.333 e. The number of aryl methyl sites for hydroxylation is 1. The Morgan fingerprint density at radius 2 is 1.83 bits per heavy atom. The van der Waals surface area contributed by atoms with Gasteiger partial charge in [-0.15, -0.1) is 11.3 Å². The van der Waals surface area contributed by atoms with Crippen molar-refractivity contribution in [2.75, 3.05) is 7.05 Å². The number of carbonyl (C=O) groups excluding carboxylic acids is 1. The first-order valence-electron chi connectivity index (χ1n) is 7.92. The van der Waals surface area contributed by atoms with Crippen molar-refractivity contribution in [1.82, 2.24) is 9.88 Å². The first-order valence-corrected chi connectivity index (χ1v) is 8.73. The summed E-state index contributed by atoms with van der Waals surface area (Å²) < 4.78 is 0. The molecule has 4 heteroatoms. The second-order valence-electron chi connectivity index (χ2n) is 5.84. The Labute approximate surface area is 146 Å². The first-order chi connectivity index (χ1) is 11.6. The van der Waals surface area contributed by atoms with Gasteiger partial charge in [0.05, 0.1) is 16.6 Å². The summed E-state index contributed by atoms with van der Waals surface area (Å²) in [6.07, 6.45) is 1.76. The third-order valence-corrected chi connectivity index (χ3v) is 5.46. The molecule has 1 atom stereocenters. The number of benzene rings is 1. The number of hydrogen-bond donors (Lipinski definition) is 0. The molecule has 0 aliphatic rings. The third-order valence-electron chi connectivity index (χ3n) is 4.18. The van der Waals surface area contributed by atoms with E-state index in [1.807, 2.05) is 56.4 Å². The van der Waals surface area contributed by atoms with Gasteiger partial charge in [0.15, 0.2) is 0 Å². The van der Waals surface area contributed by atoms with Crippen LogP contribution in [0.25, 0.3) is 10.4 Å². The van der Waals surface area contributed by atoms with E-state index in [2.05, 4.69) is 24.0 Å². The molecule has 24 heavy (non-hydrogen) atoms. The zero-order valence-electron chi connectivity index (χ0n) is 14.1. The molecule has 0 saturated carbocycles. The summed E-state index contributed by atoms with van der Waals surface area (Å²) in [7, 11) is 1.83. The Hall–Kier alpha value is -2.46. The van der Waals surface area contributed by atoms with E-state index in [9.17, 15) is 4.79 Å². The van der Waals surface area contributed by atoms with Crippen molar-refractivity contribution in [3.8, 4) is 10.4 Å². The van der Waals surface area contributed by atoms with Crippen LogP contribution in [0.15, 0.2) is 60.8 Å². The van der Waals surface area contributed by atoms with Crippen LogP contribution in [0, 0.1) is 6.92 Å². The highest BCUT2D eigenvalue weighted by Gasteiger charge is 2.22. The molecule has 0 bridgehead atoms. The molecule has 3 rings (SSSR count). The number of thiophene rings is 1. The van der Waals surface area contributed by atoms with Gasteiger partial charge in [0.2, 0.25) is 0 Å². The molecular weight excluding hydrogens is 316 g/mol. The summed E-state index contributed by atoms with van der Waals surface area (Å²) in [6, 6.07) is 17.9. The Morgan fingerprint density at radius 3 is 2.50 bits per heavy atom. The molecule has 3 aromatic rings. The summed E-state index contributed by atoms with van der Waals surface area (Å²) in [6.45, 7) is 4.05. The van der Waals surface area contributed by atoms with Crippen molar-refractivity contribution in [3.63, 3.8) is 0 Å². The molecule has 1 aromatic carbocycles. The van der Waals surface area contributed by atoms with Crippen LogP contribution < -0.4 is 0 Å². The average Bonchev–Trinajstić information content (AvgIpc) is 3.03. The quantitative estimate of drug-likeness (QED) is 0.675. The number of carbonyl (C=O) groups is 1. The maximum absolute atomic E-state index is 12.9. The van der Waals surface area contributed by atoms with E-state index in [0.29, 0.717) is 0 Å². The fraction of sp³-hybridized carbons (Fsp3) is 0.200. The summed E-state index contributed by atoms with van der Waals surface area (Å²) in [5.74, 6) is 0.0310. The van der Waals surface area contributed by atoms with E-state index in [4.69, 9.17) is 0 Å². The van der Waals surface area contributed by atoms with E-state index in [-0.39, 0.29) is 11.9 Å². The monoisotopic (exact) mass is 336 g/mol. The van der Waals surface area contributed by atoms with Crippen LogP contribution in [0.5, 0.6) is 0 Å². The highest BCUT2D eigenvalue weighted by atomic mass is 32.1. The van der Waals surface area contributed by atoms with Gasteiger partial charge in [-0.1, -0.05) is 36.4 Å². The summed E-state index contributed by atoms with van der Waals surface area (Å²) in [4.78, 5) is 20.9. The van der Waals surface area contributed by atoms with Gasteiger partial charge in [0.25, 0.3) is 5.91 Å². The Bertz CT molecular complexity index is 827. The minimum Gasteiger partial charge on any atom is -0.333 e. The number of nitrogens with zero attached hydrogens (tertiary/aromatic N) is 2. The third kappa shape index (κ3) is 3.24. The number of aromatic nitrogens is 1. The van der Waals surface area contributed by atoms with Crippen molar-refractivity contribution >= 4 is 17.2 Å². The molecule has 122 valence electrons. The molecule has 1 amide bonds. The maximum atomic E-state index is 12.9. The molecule has 0 unspecified atom stereocenters. The topological polar surface area (TPSA) is 33.2 Å². The van der Waals surface area contributed by atoms with Crippen LogP contribution in [0.2, 0.25) is 0 Å². The molecule has 0 aliphatic carbocycles. The van der Waals surface area contributed by atoms with Gasteiger partial charge in [-0.25, -0.2) is 0 Å². The predicted molar refractivity (Wildman–Crippen MR) is 99.2 cm³/mol. The normalized spacial score (nSPS) is 12.0. The standard InChI is InChI=1S/C20H20N2OS/c1-14-13-18(24-19(14)16-9-5-4-6-10-16)20(23)22(3)15(2)17-11-7-8-12-21-17/h4-13,15H,1-3H3/t15-/m1/s1. The van der Waals surface area contributed by atoms with Gasteiger partial charge in [-0.2, -0.15) is 0 Å². The zero-order chi connectivity index (χ0) is 17.1. The van der Waals surface area contributed by atoms with Crippen molar-refractivity contribution in [3.05, 3.63) is 76.9 Å². The second kappa shape index (κ2) is 6.97. The van der Waals surface area contributed by atoms with E-state index in [0.717, 1.165) is 26.6 Å². The molecule has 0 N–H and O–H groups in total. The van der Waals surface area contributed by atoms with Gasteiger partial charge >= 0.3 is 0 Å². The molecular formula is C20H20N2OS. The number of rotatable bonds is 4. The van der Waals surface area contributed by atoms with Gasteiger partial charge in [-0.3, -0.25) is 9.78 Å². The highest BCUT2D eigenvalue weighted by Crippen LogP contribution is 2.33. The van der Waals surface area contributed by atoms with Crippen LogP contribution >= 0.6 is 11.3 Å². The van der Waals surface area contributed by atoms with Crippen LogP contribution in [0.3, 0.4) is 0 Å². The van der Waals surface area contributed by atoms with Crippen LogP contribution in [-0.2, 0) is 0 Å². The molecule has 0 fully saturated rings. The Kier molecular flexibility index (Phi) is 4.76. The molecule has 0 radical (unpaired) electrons. The summed E-state index contributed by atoms with van der Waals surface area (Å²) in [5.41, 5.74) is 3.18. The summed E-state index contributed by atoms with van der Waals surface area (Å²) >= 11 is 1.55. The number of pyridine rings is 1. The number of amides is 1. The molecule has 0 aliphatic heterocycles. The highest BCUT2D eigenvalue weighted by molar-refractivity contribution is 7.17. The maximum Gasteiger partial charge on any atom is 0.264 e. The van der Waals surface area contributed by atoms with Gasteiger partial charge in [0.1, 0.15) is 0 Å². The van der Waals surface area contributed by atoms with Crippen LogP contribution in [-0.4, -0.2) is 22.8 Å². The lowest BCUT2D eigenvalue weighted by Gasteiger charge is -2.23. The van der Waals surface area contributed by atoms with Crippen LogP contribution in [0.4, 0.5) is 0 Å². The Balaban J connectivity index is 1.85. The smallest absolute Gasteiger partial charge is 0.264 e. The van der Waals surface area contributed by atoms with E-state index < -0.39 is 0 Å². The predicted octanol–water partition coefficient (Wildman–Crippen LogP) is 4.95. The molecule has 3 nitrogen and oxygen atoms in total. The fourth-order valence-electron chi connectivity index (χ4n) is 2.63. The number of hydrogen-bond acceptors (Lipinski definition) is 3. The molecule has 0 saturated heterocycles. The fourth-order valence-corrected chi connectivity index (χ4v) is 3.80. The lowest BCUT2D eigenvalue weighted by molar-refractivity contribution is 0.0744. The first kappa shape index (κ1) is 16.4. The second-order valence-corrected chi connectivity index (χ2v) is 6.89. The van der Waals surface area contributed by atoms with E-state index in [1.54, 1.807) is 22.4 Å². The lowest BCUT2D eigenvalue weighted by Crippen LogP contribution is -2.29. The lowest BCUT2D eigenvalue weighted by atomic mass is 10.1. The van der Waals surface area contributed by atoms with Crippen molar-refractivity contribution in [2.24, 2.45) is 0 Å². The molecule has 2 heterocycles. The zero-order valence-corrected chi connectivity index (χ0v) is 14.9. The van der Waals surface area contributed by atoms with Crippen molar-refractivity contribution in [2.45, 2.75) is 19.9 Å². The van der Waals surface area contributed by atoms with Gasteiger partial charge in [-0.05, 0) is 43.2 Å². The minimum atomic E-state index is -0.0683. The SMILES string of the molecule is Cc1cc(C(=O)N(C)[C@H](C)c2ccccn2)sc1-c1ccccc1. The minimum absolute atomic E-state index is 0.0310. The van der Waals surface area contributed by atoms with E-state index in [1.165, 1.54) is 0 Å². The van der Waals surface area contributed by atoms with Gasteiger partial charge < -0.3 is 4.90 Å². The summed E-state index contributed by atoms with van der Waals surface area (Å²) in [5, 5.41) is 0. The average molecular weight is 336 g/mol. The van der Waals surface area contributed by atoms with Crippen molar-refractivity contribution in [1.29, 1.82) is 0 Å². The molecule has 0 spiro atoms. The van der Waals surface area contributed by atoms with E-state index >= 15 is 0 Å². The van der Waals surface area contributed by atoms with Crippen LogP contribution in [0.1, 0.15) is 33.9 Å². The Morgan fingerprint density at radius 1 is 1.12 bits per heavy atom. The molecule has 2 aromatic heterocycles.